The molecule has 0 spiro atoms. The predicted octanol–water partition coefficient (Wildman–Crippen LogP) is 2.18. The van der Waals surface area contributed by atoms with Crippen molar-refractivity contribution in [2.45, 2.75) is 38.5 Å². The van der Waals surface area contributed by atoms with E-state index in [2.05, 4.69) is 24.6 Å². The van der Waals surface area contributed by atoms with E-state index in [1.807, 2.05) is 0 Å². The minimum absolute atomic E-state index is 0.338. The molecule has 3 heteroatoms. The largest absolute Gasteiger partial charge is 0.396 e. The number of hydrogen-bond acceptors (Lipinski definition) is 3. The number of rotatable bonds is 8. The molecule has 0 aromatic rings. The van der Waals surface area contributed by atoms with Crippen LogP contribution in [0.25, 0.3) is 0 Å². The van der Waals surface area contributed by atoms with Crippen LogP contribution in [0.2, 0.25) is 0 Å². The normalized spacial score (nSPS) is 19.2. The summed E-state index contributed by atoms with van der Waals surface area (Å²) in [6.45, 7) is 2.70. The van der Waals surface area contributed by atoms with E-state index in [1.165, 1.54) is 32.2 Å². The molecule has 1 aliphatic carbocycles. The lowest BCUT2D eigenvalue weighted by atomic mass is 9.70. The molecular weight excluding hydrogens is 206 g/mol. The van der Waals surface area contributed by atoms with Crippen LogP contribution in [-0.4, -0.2) is 42.5 Å². The Balaban J connectivity index is 2.09. The van der Waals surface area contributed by atoms with E-state index < -0.39 is 0 Å². The Labute approximate surface area is 99.5 Å². The van der Waals surface area contributed by atoms with Gasteiger partial charge in [0.1, 0.15) is 0 Å². The number of aliphatic hydroxyl groups is 1. The van der Waals surface area contributed by atoms with E-state index >= 15 is 0 Å². The SMILES string of the molecule is CN(CCCCCO)CC1(CS)CCC1. The van der Waals surface area contributed by atoms with E-state index in [4.69, 9.17) is 5.11 Å². The number of nitrogens with zero attached hydrogens (tertiary/aromatic N) is 1. The molecule has 1 saturated carbocycles. The summed E-state index contributed by atoms with van der Waals surface area (Å²) in [5.74, 6) is 1.04. The molecule has 2 nitrogen and oxygen atoms in total. The summed E-state index contributed by atoms with van der Waals surface area (Å²) >= 11 is 4.47. The minimum Gasteiger partial charge on any atom is -0.396 e. The first kappa shape index (κ1) is 13.3. The molecule has 0 saturated heterocycles. The van der Waals surface area contributed by atoms with Gasteiger partial charge >= 0.3 is 0 Å². The van der Waals surface area contributed by atoms with Crippen LogP contribution >= 0.6 is 12.6 Å². The maximum atomic E-state index is 8.68. The maximum Gasteiger partial charge on any atom is 0.0431 e. The van der Waals surface area contributed by atoms with Crippen LogP contribution in [0.1, 0.15) is 38.5 Å². The molecule has 1 fully saturated rings. The summed E-state index contributed by atoms with van der Waals surface area (Å²) in [6.07, 6.45) is 7.41. The van der Waals surface area contributed by atoms with Crippen molar-refractivity contribution in [1.82, 2.24) is 4.90 Å². The van der Waals surface area contributed by atoms with Crippen LogP contribution in [0, 0.1) is 5.41 Å². The van der Waals surface area contributed by atoms with Gasteiger partial charge in [-0.15, -0.1) is 0 Å². The highest BCUT2D eigenvalue weighted by Crippen LogP contribution is 2.42. The molecule has 1 rings (SSSR count). The molecule has 0 unspecified atom stereocenters. The number of thiol groups is 1. The van der Waals surface area contributed by atoms with E-state index in [9.17, 15) is 0 Å². The summed E-state index contributed by atoms with van der Waals surface area (Å²) in [6, 6.07) is 0. The fourth-order valence-electron chi connectivity index (χ4n) is 2.36. The van der Waals surface area contributed by atoms with Gasteiger partial charge in [0.15, 0.2) is 0 Å². The molecular formula is C12H25NOS. The van der Waals surface area contributed by atoms with Crippen LogP contribution in [0.5, 0.6) is 0 Å². The Bertz CT molecular complexity index is 165. The van der Waals surface area contributed by atoms with Crippen molar-refractivity contribution in [3.63, 3.8) is 0 Å². The van der Waals surface area contributed by atoms with Crippen LogP contribution in [-0.2, 0) is 0 Å². The Morgan fingerprint density at radius 2 is 2.00 bits per heavy atom. The zero-order valence-electron chi connectivity index (χ0n) is 9.91. The van der Waals surface area contributed by atoms with Crippen LogP contribution in [0.4, 0.5) is 0 Å². The molecule has 0 amide bonds. The molecule has 0 bridgehead atoms. The van der Waals surface area contributed by atoms with Crippen LogP contribution < -0.4 is 0 Å². The van der Waals surface area contributed by atoms with Gasteiger partial charge in [-0.25, -0.2) is 0 Å². The molecule has 0 heterocycles. The van der Waals surface area contributed by atoms with Gasteiger partial charge in [-0.3, -0.25) is 0 Å². The lowest BCUT2D eigenvalue weighted by molar-refractivity contribution is 0.104. The van der Waals surface area contributed by atoms with Gasteiger partial charge in [-0.1, -0.05) is 6.42 Å². The van der Waals surface area contributed by atoms with Crippen LogP contribution in [0.15, 0.2) is 0 Å². The van der Waals surface area contributed by atoms with Crippen molar-refractivity contribution in [2.24, 2.45) is 5.41 Å². The summed E-state index contributed by atoms with van der Waals surface area (Å²) in [4.78, 5) is 2.44. The Hall–Kier alpha value is 0.270. The first-order valence-corrected chi connectivity index (χ1v) is 6.76. The Morgan fingerprint density at radius 3 is 2.47 bits per heavy atom. The maximum absolute atomic E-state index is 8.68. The summed E-state index contributed by atoms with van der Waals surface area (Å²) < 4.78 is 0. The van der Waals surface area contributed by atoms with Gasteiger partial charge in [-0.2, -0.15) is 12.6 Å². The lowest BCUT2D eigenvalue weighted by Gasteiger charge is -2.43. The fraction of sp³-hybridized carbons (Fsp3) is 1.00. The van der Waals surface area contributed by atoms with Crippen LogP contribution in [0.3, 0.4) is 0 Å². The van der Waals surface area contributed by atoms with E-state index in [1.54, 1.807) is 0 Å². The second-order valence-electron chi connectivity index (χ2n) is 5.03. The van der Waals surface area contributed by atoms with E-state index in [-0.39, 0.29) is 0 Å². The van der Waals surface area contributed by atoms with Gasteiger partial charge in [0, 0.05) is 13.2 Å². The van der Waals surface area contributed by atoms with Crippen molar-refractivity contribution in [3.8, 4) is 0 Å². The van der Waals surface area contributed by atoms with Gasteiger partial charge in [0.25, 0.3) is 0 Å². The highest BCUT2D eigenvalue weighted by Gasteiger charge is 2.36. The zero-order valence-corrected chi connectivity index (χ0v) is 10.8. The quantitative estimate of drug-likeness (QED) is 0.494. The second-order valence-corrected chi connectivity index (χ2v) is 5.35. The van der Waals surface area contributed by atoms with E-state index in [0.717, 1.165) is 25.1 Å². The van der Waals surface area contributed by atoms with Crippen molar-refractivity contribution in [2.75, 3.05) is 32.5 Å². The molecule has 0 aliphatic heterocycles. The molecule has 0 atom stereocenters. The average molecular weight is 231 g/mol. The van der Waals surface area contributed by atoms with E-state index in [0.29, 0.717) is 12.0 Å². The number of hydrogen-bond donors (Lipinski definition) is 2. The zero-order chi connectivity index (χ0) is 11.1. The van der Waals surface area contributed by atoms with Gasteiger partial charge in [-0.05, 0) is 56.9 Å². The molecule has 0 aromatic carbocycles. The highest BCUT2D eigenvalue weighted by molar-refractivity contribution is 7.80. The first-order valence-electron chi connectivity index (χ1n) is 6.13. The predicted molar refractivity (Wildman–Crippen MR) is 68.6 cm³/mol. The topological polar surface area (TPSA) is 23.5 Å². The van der Waals surface area contributed by atoms with Crippen molar-refractivity contribution >= 4 is 12.6 Å². The smallest absolute Gasteiger partial charge is 0.0431 e. The molecule has 0 radical (unpaired) electrons. The highest BCUT2D eigenvalue weighted by atomic mass is 32.1. The summed E-state index contributed by atoms with van der Waals surface area (Å²) in [5, 5.41) is 8.68. The molecule has 90 valence electrons. The number of aliphatic hydroxyl groups excluding tert-OH is 1. The number of unbranched alkanes of at least 4 members (excludes halogenated alkanes) is 2. The summed E-state index contributed by atoms with van der Waals surface area (Å²) in [5.41, 5.74) is 0.523. The standard InChI is InChI=1S/C12H25NOS/c1-13(8-3-2-4-9-14)10-12(11-15)6-5-7-12/h14-15H,2-11H2,1H3. The van der Waals surface area contributed by atoms with Gasteiger partial charge in [0.2, 0.25) is 0 Å². The average Bonchev–Trinajstić information content (AvgIpc) is 2.18. The van der Waals surface area contributed by atoms with Crippen molar-refractivity contribution < 1.29 is 5.11 Å². The third-order valence-electron chi connectivity index (χ3n) is 3.55. The van der Waals surface area contributed by atoms with Gasteiger partial charge in [0.05, 0.1) is 0 Å². The third kappa shape index (κ3) is 4.33. The Morgan fingerprint density at radius 1 is 1.27 bits per heavy atom. The minimum atomic E-state index is 0.338. The third-order valence-corrected chi connectivity index (χ3v) is 4.22. The molecule has 1 N–H and O–H groups in total. The monoisotopic (exact) mass is 231 g/mol. The fourth-order valence-corrected chi connectivity index (χ4v) is 2.78. The van der Waals surface area contributed by atoms with Crippen molar-refractivity contribution in [1.29, 1.82) is 0 Å². The molecule has 15 heavy (non-hydrogen) atoms. The molecule has 0 aromatic heterocycles. The molecule has 1 aliphatic rings. The Kier molecular flexibility index (Phi) is 6.02. The van der Waals surface area contributed by atoms with Crippen molar-refractivity contribution in [3.05, 3.63) is 0 Å². The summed E-state index contributed by atoms with van der Waals surface area (Å²) in [7, 11) is 2.21. The van der Waals surface area contributed by atoms with Gasteiger partial charge < -0.3 is 10.0 Å². The first-order chi connectivity index (χ1) is 7.22. The lowest BCUT2D eigenvalue weighted by Crippen LogP contribution is -2.42. The second kappa shape index (κ2) is 6.77.